The van der Waals surface area contributed by atoms with E-state index in [0.717, 1.165) is 0 Å². The summed E-state index contributed by atoms with van der Waals surface area (Å²) in [5.41, 5.74) is 2.52. The standard InChI is InChI=1S/C26H21FN4O4/c1-34-22-12-11-18(13-23(22)35-2)28-24(32)15-30-20-5-3-4-6-21(20)31-25(33)14-19(29-26(30)31)16-7-9-17(27)10-8-16/h3-14H,15H2,1-2H3,(H,28,32). The highest BCUT2D eigenvalue weighted by Gasteiger charge is 2.17. The van der Waals surface area contributed by atoms with Gasteiger partial charge in [-0.25, -0.2) is 13.8 Å². The van der Waals surface area contributed by atoms with Gasteiger partial charge < -0.3 is 19.4 Å². The van der Waals surface area contributed by atoms with E-state index in [-0.39, 0.29) is 23.8 Å². The molecule has 1 N–H and O–H groups in total. The molecule has 0 fully saturated rings. The van der Waals surface area contributed by atoms with Crippen LogP contribution in [0, 0.1) is 5.82 Å². The number of benzene rings is 3. The van der Waals surface area contributed by atoms with E-state index >= 15 is 0 Å². The van der Waals surface area contributed by atoms with Crippen LogP contribution in [0.5, 0.6) is 11.5 Å². The lowest BCUT2D eigenvalue weighted by Crippen LogP contribution is -2.20. The average molecular weight is 472 g/mol. The summed E-state index contributed by atoms with van der Waals surface area (Å²) in [5.74, 6) is 0.638. The number of hydrogen-bond acceptors (Lipinski definition) is 5. The molecule has 1 amide bonds. The van der Waals surface area contributed by atoms with Gasteiger partial charge in [-0.15, -0.1) is 0 Å². The van der Waals surface area contributed by atoms with Gasteiger partial charge in [-0.1, -0.05) is 12.1 Å². The minimum Gasteiger partial charge on any atom is -0.493 e. The molecule has 5 rings (SSSR count). The van der Waals surface area contributed by atoms with Gasteiger partial charge in [0.1, 0.15) is 12.4 Å². The highest BCUT2D eigenvalue weighted by atomic mass is 19.1. The van der Waals surface area contributed by atoms with E-state index in [1.165, 1.54) is 36.8 Å². The number of nitrogens with one attached hydrogen (secondary N) is 1. The molecule has 0 saturated carbocycles. The molecule has 0 atom stereocenters. The molecule has 0 aliphatic carbocycles. The molecule has 3 aromatic carbocycles. The van der Waals surface area contributed by atoms with Crippen molar-refractivity contribution in [2.24, 2.45) is 0 Å². The number of methoxy groups -OCH3 is 2. The Labute approximate surface area is 199 Å². The number of aromatic nitrogens is 3. The summed E-state index contributed by atoms with van der Waals surface area (Å²) in [6.45, 7) is -0.0926. The third-order valence-corrected chi connectivity index (χ3v) is 5.66. The van der Waals surface area contributed by atoms with Gasteiger partial charge in [0.2, 0.25) is 11.7 Å². The van der Waals surface area contributed by atoms with Crippen molar-refractivity contribution in [2.45, 2.75) is 6.54 Å². The Hall–Kier alpha value is -4.66. The van der Waals surface area contributed by atoms with Crippen LogP contribution in [0.2, 0.25) is 0 Å². The maximum absolute atomic E-state index is 13.4. The number of rotatable bonds is 6. The molecule has 0 radical (unpaired) electrons. The highest BCUT2D eigenvalue weighted by molar-refractivity contribution is 5.93. The van der Waals surface area contributed by atoms with Gasteiger partial charge in [0, 0.05) is 23.4 Å². The fourth-order valence-electron chi connectivity index (χ4n) is 4.05. The lowest BCUT2D eigenvalue weighted by atomic mass is 10.1. The first-order valence-electron chi connectivity index (χ1n) is 10.8. The molecular weight excluding hydrogens is 451 g/mol. The van der Waals surface area contributed by atoms with Crippen LogP contribution in [0.3, 0.4) is 0 Å². The summed E-state index contributed by atoms with van der Waals surface area (Å²) in [7, 11) is 3.05. The Morgan fingerprint density at radius 3 is 2.37 bits per heavy atom. The number of fused-ring (bicyclic) bond motifs is 3. The Morgan fingerprint density at radius 1 is 0.943 bits per heavy atom. The minimum absolute atomic E-state index is 0.0926. The van der Waals surface area contributed by atoms with Gasteiger partial charge in [-0.05, 0) is 48.5 Å². The van der Waals surface area contributed by atoms with E-state index in [1.54, 1.807) is 41.0 Å². The molecule has 0 bridgehead atoms. The third kappa shape index (κ3) is 4.08. The average Bonchev–Trinajstić information content (AvgIpc) is 3.18. The summed E-state index contributed by atoms with van der Waals surface area (Å²) in [4.78, 5) is 30.8. The van der Waals surface area contributed by atoms with Crippen LogP contribution in [-0.4, -0.2) is 34.1 Å². The summed E-state index contributed by atoms with van der Waals surface area (Å²) in [6, 6.07) is 19.5. The molecule has 176 valence electrons. The van der Waals surface area contributed by atoms with Crippen molar-refractivity contribution < 1.29 is 18.7 Å². The highest BCUT2D eigenvalue weighted by Crippen LogP contribution is 2.30. The fourth-order valence-corrected chi connectivity index (χ4v) is 4.05. The Kier molecular flexibility index (Phi) is 5.66. The largest absolute Gasteiger partial charge is 0.493 e. The van der Waals surface area contributed by atoms with E-state index in [0.29, 0.717) is 45.3 Å². The number of nitrogens with zero attached hydrogens (tertiary/aromatic N) is 3. The van der Waals surface area contributed by atoms with Gasteiger partial charge in [-0.2, -0.15) is 0 Å². The maximum atomic E-state index is 13.4. The number of carbonyl (C=O) groups excluding carboxylic acids is 1. The molecule has 5 aromatic rings. The second kappa shape index (κ2) is 8.94. The normalized spacial score (nSPS) is 11.1. The molecule has 0 saturated heterocycles. The van der Waals surface area contributed by atoms with Crippen molar-refractivity contribution in [3.8, 4) is 22.8 Å². The Morgan fingerprint density at radius 2 is 1.66 bits per heavy atom. The number of imidazole rings is 1. The molecule has 2 aromatic heterocycles. The van der Waals surface area contributed by atoms with Crippen LogP contribution in [0.15, 0.2) is 77.6 Å². The molecule has 0 aliphatic heterocycles. The van der Waals surface area contributed by atoms with Crippen LogP contribution in [-0.2, 0) is 11.3 Å². The first-order valence-corrected chi connectivity index (χ1v) is 10.8. The van der Waals surface area contributed by atoms with Crippen molar-refractivity contribution in [3.05, 3.63) is 89.0 Å². The number of amides is 1. The SMILES string of the molecule is COc1ccc(NC(=O)Cn2c3ccccc3n3c(=O)cc(-c4ccc(F)cc4)nc23)cc1OC. The quantitative estimate of drug-likeness (QED) is 0.402. The van der Waals surface area contributed by atoms with Crippen molar-refractivity contribution >= 4 is 28.4 Å². The van der Waals surface area contributed by atoms with E-state index < -0.39 is 0 Å². The summed E-state index contributed by atoms with van der Waals surface area (Å²) < 4.78 is 27.1. The van der Waals surface area contributed by atoms with Crippen LogP contribution < -0.4 is 20.3 Å². The van der Waals surface area contributed by atoms with Gasteiger partial charge in [0.05, 0.1) is 30.9 Å². The minimum atomic E-state index is -0.382. The van der Waals surface area contributed by atoms with E-state index in [9.17, 15) is 14.0 Å². The summed E-state index contributed by atoms with van der Waals surface area (Å²) in [5, 5.41) is 2.85. The number of hydrogen-bond donors (Lipinski definition) is 1. The molecule has 0 spiro atoms. The van der Waals surface area contributed by atoms with Crippen LogP contribution in [0.4, 0.5) is 10.1 Å². The van der Waals surface area contributed by atoms with Crippen molar-refractivity contribution in [2.75, 3.05) is 19.5 Å². The van der Waals surface area contributed by atoms with E-state index in [4.69, 9.17) is 9.47 Å². The lowest BCUT2D eigenvalue weighted by Gasteiger charge is -2.11. The predicted molar refractivity (Wildman–Crippen MR) is 131 cm³/mol. The molecule has 0 aliphatic rings. The van der Waals surface area contributed by atoms with E-state index in [1.807, 2.05) is 18.2 Å². The number of carbonyl (C=O) groups is 1. The Bertz CT molecular complexity index is 1620. The molecule has 9 heteroatoms. The first-order chi connectivity index (χ1) is 17.0. The molecule has 0 unspecified atom stereocenters. The molecule has 35 heavy (non-hydrogen) atoms. The lowest BCUT2D eigenvalue weighted by molar-refractivity contribution is -0.116. The zero-order valence-electron chi connectivity index (χ0n) is 19.0. The van der Waals surface area contributed by atoms with Crippen LogP contribution in [0.1, 0.15) is 0 Å². The van der Waals surface area contributed by atoms with Gasteiger partial charge >= 0.3 is 0 Å². The summed E-state index contributed by atoms with van der Waals surface area (Å²) >= 11 is 0. The second-order valence-electron chi connectivity index (χ2n) is 7.81. The number of anilines is 1. The summed E-state index contributed by atoms with van der Waals surface area (Å²) in [6.07, 6.45) is 0. The van der Waals surface area contributed by atoms with Crippen LogP contribution >= 0.6 is 0 Å². The number of ether oxygens (including phenoxy) is 2. The zero-order valence-corrected chi connectivity index (χ0v) is 19.0. The fraction of sp³-hybridized carbons (Fsp3) is 0.115. The first kappa shape index (κ1) is 22.1. The van der Waals surface area contributed by atoms with Crippen molar-refractivity contribution in [1.29, 1.82) is 0 Å². The number of para-hydroxylation sites is 2. The number of halogens is 1. The second-order valence-corrected chi connectivity index (χ2v) is 7.81. The van der Waals surface area contributed by atoms with Gasteiger partial charge in [0.25, 0.3) is 5.56 Å². The molecule has 8 nitrogen and oxygen atoms in total. The van der Waals surface area contributed by atoms with Crippen LogP contribution in [0.25, 0.3) is 28.1 Å². The zero-order chi connectivity index (χ0) is 24.5. The third-order valence-electron chi connectivity index (χ3n) is 5.66. The van der Waals surface area contributed by atoms with Crippen molar-refractivity contribution in [3.63, 3.8) is 0 Å². The maximum Gasteiger partial charge on any atom is 0.260 e. The smallest absolute Gasteiger partial charge is 0.260 e. The van der Waals surface area contributed by atoms with Crippen molar-refractivity contribution in [1.82, 2.24) is 14.0 Å². The van der Waals surface area contributed by atoms with Gasteiger partial charge in [0.15, 0.2) is 11.5 Å². The van der Waals surface area contributed by atoms with E-state index in [2.05, 4.69) is 10.3 Å². The predicted octanol–water partition coefficient (Wildman–Crippen LogP) is 4.11. The monoisotopic (exact) mass is 472 g/mol. The Balaban J connectivity index is 1.57. The molecular formula is C26H21FN4O4. The topological polar surface area (TPSA) is 86.9 Å². The van der Waals surface area contributed by atoms with Gasteiger partial charge in [-0.3, -0.25) is 9.59 Å². The molecule has 2 heterocycles.